The summed E-state index contributed by atoms with van der Waals surface area (Å²) in [5.74, 6) is 7.00. The summed E-state index contributed by atoms with van der Waals surface area (Å²) in [7, 11) is 0. The van der Waals surface area contributed by atoms with E-state index in [1.165, 1.54) is 12.0 Å². The molecule has 1 saturated carbocycles. The quantitative estimate of drug-likeness (QED) is 0.594. The zero-order valence-electron chi connectivity index (χ0n) is 8.20. The van der Waals surface area contributed by atoms with E-state index in [9.17, 15) is 0 Å². The van der Waals surface area contributed by atoms with Crippen LogP contribution in [-0.4, -0.2) is 0 Å². The van der Waals surface area contributed by atoms with Crippen LogP contribution in [0, 0.1) is 11.8 Å². The zero-order valence-corrected chi connectivity index (χ0v) is 8.96. The Bertz CT molecular complexity index is 327. The standard InChI is InChI=1S/C11H15ClN2/c1-7-5-10(7)11(14-13)8-3-2-4-9(12)6-8/h2-4,6-7,10-11,14H,5,13H2,1H3. The summed E-state index contributed by atoms with van der Waals surface area (Å²) in [6, 6.07) is 8.16. The molecule has 0 saturated heterocycles. The summed E-state index contributed by atoms with van der Waals surface area (Å²) in [5.41, 5.74) is 4.07. The second-order valence-electron chi connectivity index (χ2n) is 4.08. The number of benzene rings is 1. The van der Waals surface area contributed by atoms with Crippen LogP contribution in [0.2, 0.25) is 5.02 Å². The van der Waals surface area contributed by atoms with Crippen molar-refractivity contribution in [2.75, 3.05) is 0 Å². The molecule has 2 nitrogen and oxygen atoms in total. The van der Waals surface area contributed by atoms with Gasteiger partial charge in [-0.05, 0) is 36.0 Å². The van der Waals surface area contributed by atoms with Gasteiger partial charge in [0, 0.05) is 11.1 Å². The minimum absolute atomic E-state index is 0.253. The topological polar surface area (TPSA) is 38.0 Å². The first-order chi connectivity index (χ1) is 6.72. The summed E-state index contributed by atoms with van der Waals surface area (Å²) < 4.78 is 0. The largest absolute Gasteiger partial charge is 0.271 e. The molecule has 1 fully saturated rings. The summed E-state index contributed by atoms with van der Waals surface area (Å²) >= 11 is 5.94. The van der Waals surface area contributed by atoms with Crippen LogP contribution in [0.1, 0.15) is 24.9 Å². The summed E-state index contributed by atoms with van der Waals surface area (Å²) in [5, 5.41) is 0.774. The molecule has 3 N–H and O–H groups in total. The van der Waals surface area contributed by atoms with Gasteiger partial charge in [-0.15, -0.1) is 0 Å². The first-order valence-electron chi connectivity index (χ1n) is 4.94. The first-order valence-corrected chi connectivity index (χ1v) is 5.31. The van der Waals surface area contributed by atoms with Crippen molar-refractivity contribution >= 4 is 11.6 Å². The lowest BCUT2D eigenvalue weighted by Crippen LogP contribution is -2.29. The van der Waals surface area contributed by atoms with Crippen LogP contribution in [0.3, 0.4) is 0 Å². The Balaban J connectivity index is 2.19. The second kappa shape index (κ2) is 3.89. The highest BCUT2D eigenvalue weighted by molar-refractivity contribution is 6.30. The molecule has 3 heteroatoms. The van der Waals surface area contributed by atoms with Crippen molar-refractivity contribution in [2.24, 2.45) is 17.7 Å². The van der Waals surface area contributed by atoms with E-state index in [2.05, 4.69) is 18.4 Å². The SMILES string of the molecule is CC1CC1C(NN)c1cccc(Cl)c1. The maximum atomic E-state index is 5.94. The molecule has 0 aliphatic heterocycles. The van der Waals surface area contributed by atoms with E-state index in [4.69, 9.17) is 17.4 Å². The molecule has 76 valence electrons. The third kappa shape index (κ3) is 1.92. The van der Waals surface area contributed by atoms with Gasteiger partial charge in [0.1, 0.15) is 0 Å². The Hall–Kier alpha value is -0.570. The number of hydrogen-bond donors (Lipinski definition) is 2. The molecule has 0 bridgehead atoms. The van der Waals surface area contributed by atoms with Crippen LogP contribution >= 0.6 is 11.6 Å². The van der Waals surface area contributed by atoms with Gasteiger partial charge in [-0.25, -0.2) is 0 Å². The van der Waals surface area contributed by atoms with Crippen molar-refractivity contribution < 1.29 is 0 Å². The van der Waals surface area contributed by atoms with Gasteiger partial charge in [0.25, 0.3) is 0 Å². The Morgan fingerprint density at radius 3 is 2.79 bits per heavy atom. The van der Waals surface area contributed by atoms with Gasteiger partial charge in [0.15, 0.2) is 0 Å². The lowest BCUT2D eigenvalue weighted by Gasteiger charge is -2.16. The van der Waals surface area contributed by atoms with E-state index in [1.54, 1.807) is 0 Å². The van der Waals surface area contributed by atoms with Crippen molar-refractivity contribution in [1.29, 1.82) is 0 Å². The fourth-order valence-electron chi connectivity index (χ4n) is 1.98. The average molecular weight is 211 g/mol. The molecule has 1 aliphatic rings. The van der Waals surface area contributed by atoms with Crippen LogP contribution in [0.25, 0.3) is 0 Å². The highest BCUT2D eigenvalue weighted by Gasteiger charge is 2.39. The molecule has 14 heavy (non-hydrogen) atoms. The normalized spacial score (nSPS) is 27.4. The second-order valence-corrected chi connectivity index (χ2v) is 4.51. The van der Waals surface area contributed by atoms with Gasteiger partial charge in [-0.2, -0.15) is 0 Å². The maximum Gasteiger partial charge on any atom is 0.0491 e. The van der Waals surface area contributed by atoms with E-state index in [0.29, 0.717) is 5.92 Å². The van der Waals surface area contributed by atoms with Crippen molar-refractivity contribution in [2.45, 2.75) is 19.4 Å². The molecule has 0 spiro atoms. The molecule has 0 radical (unpaired) electrons. The summed E-state index contributed by atoms with van der Waals surface area (Å²) in [6.07, 6.45) is 1.25. The van der Waals surface area contributed by atoms with Crippen molar-refractivity contribution in [3.8, 4) is 0 Å². The zero-order chi connectivity index (χ0) is 10.1. The molecule has 2 rings (SSSR count). The van der Waals surface area contributed by atoms with Crippen LogP contribution in [0.4, 0.5) is 0 Å². The number of hydrazine groups is 1. The maximum absolute atomic E-state index is 5.94. The van der Waals surface area contributed by atoms with Crippen molar-refractivity contribution in [1.82, 2.24) is 5.43 Å². The monoisotopic (exact) mass is 210 g/mol. The van der Waals surface area contributed by atoms with E-state index >= 15 is 0 Å². The van der Waals surface area contributed by atoms with Crippen LogP contribution in [0.5, 0.6) is 0 Å². The Morgan fingerprint density at radius 1 is 1.57 bits per heavy atom. The molecular formula is C11H15ClN2. The number of nitrogens with two attached hydrogens (primary N) is 1. The highest BCUT2D eigenvalue weighted by atomic mass is 35.5. The summed E-state index contributed by atoms with van der Waals surface area (Å²) in [4.78, 5) is 0. The van der Waals surface area contributed by atoms with E-state index < -0.39 is 0 Å². The van der Waals surface area contributed by atoms with Gasteiger partial charge < -0.3 is 0 Å². The minimum Gasteiger partial charge on any atom is -0.271 e. The van der Waals surface area contributed by atoms with Gasteiger partial charge in [-0.1, -0.05) is 30.7 Å². The molecule has 0 aromatic heterocycles. The van der Waals surface area contributed by atoms with Gasteiger partial charge in [0.05, 0.1) is 0 Å². The predicted octanol–water partition coefficient (Wildman–Crippen LogP) is 2.50. The lowest BCUT2D eigenvalue weighted by molar-refractivity contribution is 0.476. The summed E-state index contributed by atoms with van der Waals surface area (Å²) in [6.45, 7) is 2.25. The fraction of sp³-hybridized carbons (Fsp3) is 0.455. The molecule has 1 aliphatic carbocycles. The van der Waals surface area contributed by atoms with Gasteiger partial charge >= 0.3 is 0 Å². The molecule has 1 aromatic rings. The smallest absolute Gasteiger partial charge is 0.0491 e. The first kappa shape index (κ1) is 9.97. The van der Waals surface area contributed by atoms with Gasteiger partial charge in [-0.3, -0.25) is 11.3 Å². The third-order valence-corrected chi connectivity index (χ3v) is 3.22. The number of halogens is 1. The number of rotatable bonds is 3. The minimum atomic E-state index is 0.253. The molecule has 1 aromatic carbocycles. The predicted molar refractivity (Wildman–Crippen MR) is 58.8 cm³/mol. The molecule has 3 atom stereocenters. The molecule has 0 amide bonds. The van der Waals surface area contributed by atoms with Crippen molar-refractivity contribution in [3.63, 3.8) is 0 Å². The Morgan fingerprint density at radius 2 is 2.29 bits per heavy atom. The Labute approximate surface area is 89.4 Å². The van der Waals surface area contributed by atoms with E-state index in [-0.39, 0.29) is 6.04 Å². The highest BCUT2D eigenvalue weighted by Crippen LogP contribution is 2.46. The van der Waals surface area contributed by atoms with E-state index in [0.717, 1.165) is 10.9 Å². The van der Waals surface area contributed by atoms with Gasteiger partial charge in [0.2, 0.25) is 0 Å². The number of nitrogens with one attached hydrogen (secondary N) is 1. The third-order valence-electron chi connectivity index (χ3n) is 2.99. The number of hydrogen-bond acceptors (Lipinski definition) is 2. The van der Waals surface area contributed by atoms with Crippen LogP contribution in [0.15, 0.2) is 24.3 Å². The Kier molecular flexibility index (Phi) is 2.77. The molecule has 3 unspecified atom stereocenters. The van der Waals surface area contributed by atoms with E-state index in [1.807, 2.05) is 18.2 Å². The average Bonchev–Trinajstić information content (AvgIpc) is 2.84. The molecule has 0 heterocycles. The molecular weight excluding hydrogens is 196 g/mol. The van der Waals surface area contributed by atoms with Crippen LogP contribution < -0.4 is 11.3 Å². The van der Waals surface area contributed by atoms with Crippen molar-refractivity contribution in [3.05, 3.63) is 34.9 Å². The lowest BCUT2D eigenvalue weighted by atomic mass is 10.0. The van der Waals surface area contributed by atoms with Crippen LogP contribution in [-0.2, 0) is 0 Å². The fourth-order valence-corrected chi connectivity index (χ4v) is 2.18.